The first-order valence-electron chi connectivity index (χ1n) is 7.52. The lowest BCUT2D eigenvalue weighted by Gasteiger charge is -2.20. The summed E-state index contributed by atoms with van der Waals surface area (Å²) < 4.78 is 1.28. The summed E-state index contributed by atoms with van der Waals surface area (Å²) in [7, 11) is 0. The number of nitro groups is 1. The molecule has 1 saturated carbocycles. The van der Waals surface area contributed by atoms with Crippen molar-refractivity contribution in [2.24, 2.45) is 5.92 Å². The molecule has 1 fully saturated rings. The van der Waals surface area contributed by atoms with Crippen LogP contribution in [0.2, 0.25) is 0 Å². The highest BCUT2D eigenvalue weighted by Crippen LogP contribution is 2.31. The summed E-state index contributed by atoms with van der Waals surface area (Å²) in [5, 5.41) is 24.8. The number of carbonyl (C=O) groups is 1. The van der Waals surface area contributed by atoms with Crippen molar-refractivity contribution in [1.29, 1.82) is 0 Å². The Hall–Kier alpha value is -1.92. The quantitative estimate of drug-likeness (QED) is 0.642. The van der Waals surface area contributed by atoms with Crippen molar-refractivity contribution in [2.75, 3.05) is 0 Å². The molecule has 1 aromatic rings. The maximum absolute atomic E-state index is 11.4. The fraction of sp³-hybridized carbons (Fsp3) is 0.714. The zero-order chi connectivity index (χ0) is 15.4. The highest BCUT2D eigenvalue weighted by atomic mass is 16.6. The number of aryl methyl sites for hydroxylation is 1. The molecule has 1 aliphatic rings. The summed E-state index contributed by atoms with van der Waals surface area (Å²) in [5.41, 5.74) is -0.271. The molecule has 1 aromatic heterocycles. The van der Waals surface area contributed by atoms with Crippen molar-refractivity contribution in [1.82, 2.24) is 9.78 Å². The van der Waals surface area contributed by atoms with E-state index >= 15 is 0 Å². The molecule has 1 aliphatic carbocycles. The maximum Gasteiger partial charge on any atom is 0.361 e. The van der Waals surface area contributed by atoms with Crippen LogP contribution in [-0.2, 0) is 13.0 Å². The maximum atomic E-state index is 11.4. The van der Waals surface area contributed by atoms with E-state index in [-0.39, 0.29) is 11.4 Å². The first-order chi connectivity index (χ1) is 10.0. The molecule has 0 amide bonds. The second-order valence-corrected chi connectivity index (χ2v) is 5.64. The van der Waals surface area contributed by atoms with Crippen molar-refractivity contribution in [3.63, 3.8) is 0 Å². The van der Waals surface area contributed by atoms with Crippen molar-refractivity contribution < 1.29 is 14.8 Å². The summed E-state index contributed by atoms with van der Waals surface area (Å²) in [6.45, 7) is 2.27. The van der Waals surface area contributed by atoms with Gasteiger partial charge in [0.05, 0.1) is 4.92 Å². The van der Waals surface area contributed by atoms with Gasteiger partial charge < -0.3 is 5.11 Å². The first-order valence-corrected chi connectivity index (χ1v) is 7.52. The Kier molecular flexibility index (Phi) is 4.93. The normalized spacial score (nSPS) is 16.0. The number of aromatic nitrogens is 2. The third-order valence-corrected chi connectivity index (χ3v) is 4.02. The Bertz CT molecular complexity index is 533. The molecular formula is C14H21N3O4. The largest absolute Gasteiger partial charge is 0.476 e. The smallest absolute Gasteiger partial charge is 0.361 e. The predicted octanol–water partition coefficient (Wildman–Crippen LogP) is 3.02. The van der Waals surface area contributed by atoms with E-state index in [0.717, 1.165) is 25.7 Å². The average molecular weight is 295 g/mol. The molecule has 7 nitrogen and oxygen atoms in total. The molecule has 1 heterocycles. The highest BCUT2D eigenvalue weighted by molar-refractivity contribution is 5.91. The van der Waals surface area contributed by atoms with Gasteiger partial charge in [-0.2, -0.15) is 5.10 Å². The van der Waals surface area contributed by atoms with E-state index in [1.165, 1.54) is 11.1 Å². The zero-order valence-corrected chi connectivity index (χ0v) is 12.2. The van der Waals surface area contributed by atoms with Crippen LogP contribution in [0.4, 0.5) is 5.69 Å². The Labute approximate surface area is 123 Å². The standard InChI is InChI=1S/C14H21N3O4/c1-2-8-16-13(14(18)19)12(17(20)21)11(15-16)9-10-6-4-3-5-7-10/h10H,2-9H2,1H3,(H,18,19). The molecule has 0 aromatic carbocycles. The number of carboxylic acid groups (broad SMARTS) is 1. The summed E-state index contributed by atoms with van der Waals surface area (Å²) in [5.74, 6) is -0.901. The summed E-state index contributed by atoms with van der Waals surface area (Å²) >= 11 is 0. The van der Waals surface area contributed by atoms with Gasteiger partial charge in [0, 0.05) is 13.0 Å². The van der Waals surface area contributed by atoms with Crippen molar-refractivity contribution in [3.8, 4) is 0 Å². The van der Waals surface area contributed by atoms with Gasteiger partial charge >= 0.3 is 11.7 Å². The molecule has 7 heteroatoms. The minimum absolute atomic E-state index is 0.285. The van der Waals surface area contributed by atoms with Gasteiger partial charge in [0.15, 0.2) is 0 Å². The van der Waals surface area contributed by atoms with E-state index < -0.39 is 10.9 Å². The lowest BCUT2D eigenvalue weighted by molar-refractivity contribution is -0.386. The number of hydrogen-bond donors (Lipinski definition) is 1. The zero-order valence-electron chi connectivity index (χ0n) is 12.2. The third kappa shape index (κ3) is 3.40. The van der Waals surface area contributed by atoms with Gasteiger partial charge in [0.1, 0.15) is 5.69 Å². The number of rotatable bonds is 6. The molecule has 116 valence electrons. The van der Waals surface area contributed by atoms with Gasteiger partial charge in [0.2, 0.25) is 5.69 Å². The van der Waals surface area contributed by atoms with E-state index in [1.807, 2.05) is 6.92 Å². The Balaban J connectivity index is 2.36. The fourth-order valence-corrected chi connectivity index (χ4v) is 3.08. The van der Waals surface area contributed by atoms with Crippen LogP contribution in [0.5, 0.6) is 0 Å². The van der Waals surface area contributed by atoms with E-state index in [4.69, 9.17) is 0 Å². The minimum atomic E-state index is -1.28. The number of aromatic carboxylic acids is 1. The van der Waals surface area contributed by atoms with Crippen molar-refractivity contribution >= 4 is 11.7 Å². The first kappa shape index (κ1) is 15.5. The van der Waals surface area contributed by atoms with Crippen molar-refractivity contribution in [3.05, 3.63) is 21.5 Å². The van der Waals surface area contributed by atoms with Gasteiger partial charge in [-0.25, -0.2) is 4.79 Å². The van der Waals surface area contributed by atoms with Gasteiger partial charge in [0.25, 0.3) is 0 Å². The molecular weight excluding hydrogens is 274 g/mol. The van der Waals surface area contributed by atoms with Crippen LogP contribution in [0, 0.1) is 16.0 Å². The van der Waals surface area contributed by atoms with Gasteiger partial charge in [-0.15, -0.1) is 0 Å². The van der Waals surface area contributed by atoms with Crippen molar-refractivity contribution in [2.45, 2.75) is 58.4 Å². The minimum Gasteiger partial charge on any atom is -0.476 e. The Morgan fingerprint density at radius 2 is 2.10 bits per heavy atom. The predicted molar refractivity (Wildman–Crippen MR) is 76.4 cm³/mol. The molecule has 0 atom stereocenters. The van der Waals surface area contributed by atoms with Gasteiger partial charge in [-0.3, -0.25) is 14.8 Å². The molecule has 1 N–H and O–H groups in total. The summed E-state index contributed by atoms with van der Waals surface area (Å²) in [6, 6.07) is 0. The highest BCUT2D eigenvalue weighted by Gasteiger charge is 2.33. The lowest BCUT2D eigenvalue weighted by Crippen LogP contribution is -2.11. The van der Waals surface area contributed by atoms with E-state index in [2.05, 4.69) is 5.10 Å². The molecule has 0 bridgehead atoms. The van der Waals surface area contributed by atoms with Gasteiger partial charge in [-0.05, 0) is 12.3 Å². The number of nitrogens with zero attached hydrogens (tertiary/aromatic N) is 3. The van der Waals surface area contributed by atoms with E-state index in [9.17, 15) is 20.0 Å². The third-order valence-electron chi connectivity index (χ3n) is 4.02. The van der Waals surface area contributed by atoms with E-state index in [1.54, 1.807) is 0 Å². The molecule has 0 saturated heterocycles. The van der Waals surface area contributed by atoms with Crippen LogP contribution in [-0.4, -0.2) is 25.8 Å². The molecule has 0 spiro atoms. The molecule has 0 aliphatic heterocycles. The van der Waals surface area contributed by atoms with Crippen LogP contribution >= 0.6 is 0 Å². The molecule has 2 rings (SSSR count). The fourth-order valence-electron chi connectivity index (χ4n) is 3.08. The molecule has 0 unspecified atom stereocenters. The lowest BCUT2D eigenvalue weighted by atomic mass is 9.86. The summed E-state index contributed by atoms with van der Waals surface area (Å²) in [6.07, 6.45) is 6.76. The Morgan fingerprint density at radius 3 is 2.62 bits per heavy atom. The number of hydrogen-bond acceptors (Lipinski definition) is 4. The van der Waals surface area contributed by atoms with Crippen LogP contribution in [0.25, 0.3) is 0 Å². The molecule has 0 radical (unpaired) electrons. The summed E-state index contributed by atoms with van der Waals surface area (Å²) in [4.78, 5) is 22.1. The van der Waals surface area contributed by atoms with Crippen LogP contribution in [0.15, 0.2) is 0 Å². The second kappa shape index (κ2) is 6.69. The second-order valence-electron chi connectivity index (χ2n) is 5.64. The van der Waals surface area contributed by atoms with Crippen LogP contribution < -0.4 is 0 Å². The van der Waals surface area contributed by atoms with Crippen LogP contribution in [0.1, 0.15) is 61.6 Å². The van der Waals surface area contributed by atoms with E-state index in [0.29, 0.717) is 31.0 Å². The number of carboxylic acids is 1. The van der Waals surface area contributed by atoms with Crippen LogP contribution in [0.3, 0.4) is 0 Å². The molecule has 21 heavy (non-hydrogen) atoms. The van der Waals surface area contributed by atoms with Gasteiger partial charge in [-0.1, -0.05) is 39.0 Å². The Morgan fingerprint density at radius 1 is 1.43 bits per heavy atom. The topological polar surface area (TPSA) is 98.3 Å². The SMILES string of the molecule is CCCn1nc(CC2CCCCC2)c([N+](=O)[O-])c1C(=O)O. The monoisotopic (exact) mass is 295 g/mol. The average Bonchev–Trinajstić information content (AvgIpc) is 2.79.